The van der Waals surface area contributed by atoms with Crippen molar-refractivity contribution in [2.75, 3.05) is 0 Å². The molecule has 0 fully saturated rings. The van der Waals surface area contributed by atoms with E-state index in [0.29, 0.717) is 5.57 Å². The SMILES string of the molecule is C=C(C)C(=O)OCc1cccc2c1c1ccccc1n2CC. The smallest absolute Gasteiger partial charge is 0.333 e. The Morgan fingerprint density at radius 3 is 2.59 bits per heavy atom. The van der Waals surface area contributed by atoms with Crippen LogP contribution in [-0.2, 0) is 22.7 Å². The van der Waals surface area contributed by atoms with E-state index >= 15 is 0 Å². The molecule has 2 aromatic carbocycles. The summed E-state index contributed by atoms with van der Waals surface area (Å²) in [5, 5.41) is 2.36. The number of aryl methyl sites for hydroxylation is 1. The number of para-hydroxylation sites is 1. The summed E-state index contributed by atoms with van der Waals surface area (Å²) >= 11 is 0. The fourth-order valence-electron chi connectivity index (χ4n) is 2.90. The number of carbonyl (C=O) groups excluding carboxylic acids is 1. The third-order valence-electron chi connectivity index (χ3n) is 3.91. The second-order valence-corrected chi connectivity index (χ2v) is 5.43. The molecule has 22 heavy (non-hydrogen) atoms. The maximum absolute atomic E-state index is 11.7. The molecule has 112 valence electrons. The Morgan fingerprint density at radius 2 is 1.86 bits per heavy atom. The largest absolute Gasteiger partial charge is 0.457 e. The molecule has 0 saturated carbocycles. The quantitative estimate of drug-likeness (QED) is 0.526. The highest BCUT2D eigenvalue weighted by Crippen LogP contribution is 2.31. The van der Waals surface area contributed by atoms with Gasteiger partial charge in [0.15, 0.2) is 0 Å². The Kier molecular flexibility index (Phi) is 3.72. The lowest BCUT2D eigenvalue weighted by Gasteiger charge is -2.07. The van der Waals surface area contributed by atoms with Crippen LogP contribution in [0.5, 0.6) is 0 Å². The molecule has 3 aromatic rings. The molecule has 0 unspecified atom stereocenters. The van der Waals surface area contributed by atoms with Crippen molar-refractivity contribution in [2.24, 2.45) is 0 Å². The second kappa shape index (κ2) is 5.68. The first-order valence-electron chi connectivity index (χ1n) is 7.45. The van der Waals surface area contributed by atoms with E-state index in [-0.39, 0.29) is 12.6 Å². The first kappa shape index (κ1) is 14.4. The van der Waals surface area contributed by atoms with Crippen LogP contribution in [0, 0.1) is 0 Å². The van der Waals surface area contributed by atoms with Gasteiger partial charge >= 0.3 is 5.97 Å². The van der Waals surface area contributed by atoms with Gasteiger partial charge in [-0.05, 0) is 31.5 Å². The minimum Gasteiger partial charge on any atom is -0.457 e. The van der Waals surface area contributed by atoms with Gasteiger partial charge in [-0.15, -0.1) is 0 Å². The van der Waals surface area contributed by atoms with Crippen LogP contribution in [0.15, 0.2) is 54.6 Å². The molecule has 0 bridgehead atoms. The standard InChI is InChI=1S/C19H19NO2/c1-4-20-16-10-6-5-9-15(16)18-14(8-7-11-17(18)20)12-22-19(21)13(2)3/h5-11H,2,4,12H2,1,3H3. The maximum atomic E-state index is 11.7. The molecular formula is C19H19NO2. The zero-order valence-corrected chi connectivity index (χ0v) is 12.9. The van der Waals surface area contributed by atoms with E-state index in [0.717, 1.165) is 17.5 Å². The van der Waals surface area contributed by atoms with E-state index in [2.05, 4.69) is 36.3 Å². The van der Waals surface area contributed by atoms with E-state index in [1.807, 2.05) is 24.3 Å². The van der Waals surface area contributed by atoms with Crippen LogP contribution in [0.3, 0.4) is 0 Å². The average molecular weight is 293 g/mol. The first-order chi connectivity index (χ1) is 10.6. The number of ether oxygens (including phenoxy) is 1. The van der Waals surface area contributed by atoms with Crippen molar-refractivity contribution in [3.05, 3.63) is 60.2 Å². The average Bonchev–Trinajstić information content (AvgIpc) is 2.86. The maximum Gasteiger partial charge on any atom is 0.333 e. The van der Waals surface area contributed by atoms with Crippen molar-refractivity contribution in [1.82, 2.24) is 4.57 Å². The number of nitrogens with zero attached hydrogens (tertiary/aromatic N) is 1. The van der Waals surface area contributed by atoms with Gasteiger partial charge in [0.2, 0.25) is 0 Å². The highest BCUT2D eigenvalue weighted by molar-refractivity contribution is 6.09. The summed E-state index contributed by atoms with van der Waals surface area (Å²) in [6.45, 7) is 8.58. The molecule has 0 radical (unpaired) electrons. The summed E-state index contributed by atoms with van der Waals surface area (Å²) in [7, 11) is 0. The summed E-state index contributed by atoms with van der Waals surface area (Å²) in [5.41, 5.74) is 3.82. The van der Waals surface area contributed by atoms with Crippen molar-refractivity contribution in [1.29, 1.82) is 0 Å². The highest BCUT2D eigenvalue weighted by Gasteiger charge is 2.13. The van der Waals surface area contributed by atoms with E-state index in [4.69, 9.17) is 4.74 Å². The fraction of sp³-hybridized carbons (Fsp3) is 0.211. The van der Waals surface area contributed by atoms with E-state index in [9.17, 15) is 4.79 Å². The van der Waals surface area contributed by atoms with Gasteiger partial charge in [0, 0.05) is 33.9 Å². The molecule has 0 N–H and O–H groups in total. The molecule has 0 saturated heterocycles. The van der Waals surface area contributed by atoms with Crippen LogP contribution < -0.4 is 0 Å². The number of hydrogen-bond donors (Lipinski definition) is 0. The van der Waals surface area contributed by atoms with Crippen LogP contribution in [0.1, 0.15) is 19.4 Å². The van der Waals surface area contributed by atoms with Crippen molar-refractivity contribution in [3.8, 4) is 0 Å². The van der Waals surface area contributed by atoms with Gasteiger partial charge < -0.3 is 9.30 Å². The predicted molar refractivity (Wildman–Crippen MR) is 89.7 cm³/mol. The molecule has 3 nitrogen and oxygen atoms in total. The Hall–Kier alpha value is -2.55. The third kappa shape index (κ3) is 2.29. The van der Waals surface area contributed by atoms with E-state index in [1.165, 1.54) is 16.4 Å². The topological polar surface area (TPSA) is 31.2 Å². The van der Waals surface area contributed by atoms with Crippen LogP contribution in [0.4, 0.5) is 0 Å². The minimum absolute atomic E-state index is 0.265. The van der Waals surface area contributed by atoms with Gasteiger partial charge in [0.05, 0.1) is 0 Å². The van der Waals surface area contributed by atoms with Crippen molar-refractivity contribution >= 4 is 27.8 Å². The van der Waals surface area contributed by atoms with Gasteiger partial charge in [-0.1, -0.05) is 36.9 Å². The second-order valence-electron chi connectivity index (χ2n) is 5.43. The highest BCUT2D eigenvalue weighted by atomic mass is 16.5. The number of fused-ring (bicyclic) bond motifs is 3. The lowest BCUT2D eigenvalue weighted by molar-refractivity contribution is -0.140. The molecule has 1 heterocycles. The minimum atomic E-state index is -0.351. The lowest BCUT2D eigenvalue weighted by Crippen LogP contribution is -2.05. The van der Waals surface area contributed by atoms with Crippen molar-refractivity contribution in [3.63, 3.8) is 0 Å². The monoisotopic (exact) mass is 293 g/mol. The van der Waals surface area contributed by atoms with Gasteiger partial charge in [-0.2, -0.15) is 0 Å². The number of aromatic nitrogens is 1. The summed E-state index contributed by atoms with van der Waals surface area (Å²) in [6, 6.07) is 14.5. The van der Waals surface area contributed by atoms with Crippen LogP contribution in [-0.4, -0.2) is 10.5 Å². The number of rotatable bonds is 4. The predicted octanol–water partition coefficient (Wildman–Crippen LogP) is 4.43. The van der Waals surface area contributed by atoms with Crippen LogP contribution in [0.25, 0.3) is 21.8 Å². The number of benzene rings is 2. The van der Waals surface area contributed by atoms with Gasteiger partial charge in [-0.25, -0.2) is 4.79 Å². The number of carbonyl (C=O) groups is 1. The number of esters is 1. The molecule has 0 aliphatic heterocycles. The van der Waals surface area contributed by atoms with Crippen molar-refractivity contribution in [2.45, 2.75) is 27.0 Å². The molecule has 0 spiro atoms. The zero-order chi connectivity index (χ0) is 15.7. The molecule has 0 atom stereocenters. The zero-order valence-electron chi connectivity index (χ0n) is 12.9. The lowest BCUT2D eigenvalue weighted by atomic mass is 10.1. The molecule has 0 aliphatic rings. The summed E-state index contributed by atoms with van der Waals surface area (Å²) in [4.78, 5) is 11.7. The van der Waals surface area contributed by atoms with E-state index in [1.54, 1.807) is 6.92 Å². The fourth-order valence-corrected chi connectivity index (χ4v) is 2.90. The Bertz CT molecular complexity index is 874. The Balaban J connectivity index is 2.16. The van der Waals surface area contributed by atoms with E-state index < -0.39 is 0 Å². The van der Waals surface area contributed by atoms with Crippen molar-refractivity contribution < 1.29 is 9.53 Å². The van der Waals surface area contributed by atoms with Gasteiger partial charge in [0.1, 0.15) is 6.61 Å². The first-order valence-corrected chi connectivity index (χ1v) is 7.45. The summed E-state index contributed by atoms with van der Waals surface area (Å²) in [5.74, 6) is -0.351. The normalized spacial score (nSPS) is 11.0. The van der Waals surface area contributed by atoms with Crippen LogP contribution >= 0.6 is 0 Å². The summed E-state index contributed by atoms with van der Waals surface area (Å²) < 4.78 is 7.63. The molecule has 3 rings (SSSR count). The molecule has 0 aliphatic carbocycles. The Labute approximate surface area is 129 Å². The van der Waals surface area contributed by atoms with Crippen LogP contribution in [0.2, 0.25) is 0 Å². The molecular weight excluding hydrogens is 274 g/mol. The molecule has 1 aromatic heterocycles. The summed E-state index contributed by atoms with van der Waals surface area (Å²) in [6.07, 6.45) is 0. The Morgan fingerprint density at radius 1 is 1.14 bits per heavy atom. The third-order valence-corrected chi connectivity index (χ3v) is 3.91. The molecule has 3 heteroatoms. The number of hydrogen-bond acceptors (Lipinski definition) is 2. The molecule has 0 amide bonds. The van der Waals surface area contributed by atoms with Gasteiger partial charge in [0.25, 0.3) is 0 Å². The van der Waals surface area contributed by atoms with Gasteiger partial charge in [-0.3, -0.25) is 0 Å².